The number of anilines is 4. The standard InChI is InChI=1S/C44H46N2/c1-8-15-40-39(9-2)44(46(37-23-12-18-32(5)28-37)38-24-13-19-33(6)29-38)42-34(7)20-14-25-41(42)43(40)45(35-21-10-16-30(3)26-35)36-22-11-17-31(4)27-36/h8-24,26-29,34,41-42H,2,25H2,1,3-7H3/b15-8-. The average molecular weight is 603 g/mol. The molecule has 0 bridgehead atoms. The van der Waals surface area contributed by atoms with Crippen molar-refractivity contribution in [2.45, 2.75) is 48.0 Å². The van der Waals surface area contributed by atoms with E-state index in [0.29, 0.717) is 5.92 Å². The van der Waals surface area contributed by atoms with E-state index in [1.54, 1.807) is 0 Å². The molecule has 3 atom stereocenters. The third-order valence-corrected chi connectivity index (χ3v) is 9.40. The average Bonchev–Trinajstić information content (AvgIpc) is 3.03. The predicted molar refractivity (Wildman–Crippen MR) is 198 cm³/mol. The Balaban J connectivity index is 1.74. The summed E-state index contributed by atoms with van der Waals surface area (Å²) in [5.41, 5.74) is 14.8. The smallest absolute Gasteiger partial charge is 0.0461 e. The molecule has 0 heterocycles. The molecular formula is C44H46N2. The lowest BCUT2D eigenvalue weighted by atomic mass is 9.66. The van der Waals surface area contributed by atoms with Crippen LogP contribution >= 0.6 is 0 Å². The first-order valence-electron chi connectivity index (χ1n) is 16.6. The van der Waals surface area contributed by atoms with Gasteiger partial charge in [-0.2, -0.15) is 0 Å². The molecule has 4 aromatic rings. The van der Waals surface area contributed by atoms with Crippen LogP contribution in [0.2, 0.25) is 0 Å². The summed E-state index contributed by atoms with van der Waals surface area (Å²) in [6.07, 6.45) is 12.4. The third kappa shape index (κ3) is 5.93. The molecule has 0 N–H and O–H groups in total. The van der Waals surface area contributed by atoms with Gasteiger partial charge in [0, 0.05) is 57.1 Å². The van der Waals surface area contributed by atoms with Crippen LogP contribution in [-0.2, 0) is 0 Å². The van der Waals surface area contributed by atoms with Crippen molar-refractivity contribution in [1.29, 1.82) is 0 Å². The number of rotatable bonds is 8. The van der Waals surface area contributed by atoms with Crippen LogP contribution in [0, 0.1) is 45.4 Å². The lowest BCUT2D eigenvalue weighted by Crippen LogP contribution is -2.41. The van der Waals surface area contributed by atoms with Gasteiger partial charge in [0.1, 0.15) is 0 Å². The van der Waals surface area contributed by atoms with Crippen LogP contribution in [0.1, 0.15) is 42.5 Å². The van der Waals surface area contributed by atoms with Gasteiger partial charge in [-0.05, 0) is 118 Å². The Morgan fingerprint density at radius 3 is 1.46 bits per heavy atom. The van der Waals surface area contributed by atoms with Crippen LogP contribution in [0.3, 0.4) is 0 Å². The van der Waals surface area contributed by atoms with Gasteiger partial charge in [0.25, 0.3) is 0 Å². The van der Waals surface area contributed by atoms with Gasteiger partial charge in [0.2, 0.25) is 0 Å². The molecule has 0 saturated carbocycles. The van der Waals surface area contributed by atoms with E-state index < -0.39 is 0 Å². The Kier molecular flexibility index (Phi) is 8.99. The number of fused-ring (bicyclic) bond motifs is 1. The number of nitrogens with zero attached hydrogens (tertiary/aromatic N) is 2. The zero-order chi connectivity index (χ0) is 32.4. The Labute approximate surface area is 276 Å². The molecule has 2 aliphatic carbocycles. The maximum Gasteiger partial charge on any atom is 0.0461 e. The Morgan fingerprint density at radius 1 is 0.630 bits per heavy atom. The van der Waals surface area contributed by atoms with E-state index >= 15 is 0 Å². The maximum atomic E-state index is 4.51. The molecule has 6 rings (SSSR count). The molecule has 0 radical (unpaired) electrons. The number of benzene rings is 4. The predicted octanol–water partition coefficient (Wildman–Crippen LogP) is 12.0. The van der Waals surface area contributed by atoms with Crippen molar-refractivity contribution in [3.05, 3.63) is 179 Å². The van der Waals surface area contributed by atoms with Gasteiger partial charge < -0.3 is 9.80 Å². The Bertz CT molecular complexity index is 1700. The monoisotopic (exact) mass is 602 g/mol. The Hall–Kier alpha value is -4.82. The Morgan fingerprint density at radius 2 is 1.07 bits per heavy atom. The summed E-state index contributed by atoms with van der Waals surface area (Å²) >= 11 is 0. The summed E-state index contributed by atoms with van der Waals surface area (Å²) in [5, 5.41) is 0. The van der Waals surface area contributed by atoms with Gasteiger partial charge >= 0.3 is 0 Å². The van der Waals surface area contributed by atoms with Gasteiger partial charge in [0.15, 0.2) is 0 Å². The molecule has 4 aromatic carbocycles. The van der Waals surface area contributed by atoms with Gasteiger partial charge in [-0.1, -0.05) is 92.4 Å². The summed E-state index contributed by atoms with van der Waals surface area (Å²) in [4.78, 5) is 5.05. The minimum Gasteiger partial charge on any atom is -0.313 e. The highest BCUT2D eigenvalue weighted by Gasteiger charge is 2.44. The van der Waals surface area contributed by atoms with Crippen LogP contribution in [0.25, 0.3) is 0 Å². The molecule has 2 heteroatoms. The SMILES string of the molecule is C=CC1=C(N(c2cccc(C)c2)c2cccc(C)c2)C2C(C)C=CCC2C(N(c2cccc(C)c2)c2cccc(C)c2)=C1/C=C\C. The lowest BCUT2D eigenvalue weighted by Gasteiger charge is -2.48. The van der Waals surface area contributed by atoms with E-state index in [0.717, 1.165) is 6.42 Å². The molecule has 0 aromatic heterocycles. The van der Waals surface area contributed by atoms with Crippen molar-refractivity contribution in [1.82, 2.24) is 0 Å². The van der Waals surface area contributed by atoms with Gasteiger partial charge in [-0.15, -0.1) is 0 Å². The minimum absolute atomic E-state index is 0.222. The summed E-state index contributed by atoms with van der Waals surface area (Å²) in [5.74, 6) is 0.781. The fourth-order valence-corrected chi connectivity index (χ4v) is 7.48. The number of allylic oxidation sites excluding steroid dienone is 9. The molecule has 0 spiro atoms. The lowest BCUT2D eigenvalue weighted by molar-refractivity contribution is 0.328. The van der Waals surface area contributed by atoms with Crippen molar-refractivity contribution in [2.75, 3.05) is 9.80 Å². The van der Waals surface area contributed by atoms with Gasteiger partial charge in [-0.25, -0.2) is 0 Å². The van der Waals surface area contributed by atoms with Crippen LogP contribution < -0.4 is 9.80 Å². The van der Waals surface area contributed by atoms with Crippen molar-refractivity contribution in [2.24, 2.45) is 17.8 Å². The molecule has 2 aliphatic rings. The zero-order valence-electron chi connectivity index (χ0n) is 28.2. The fraction of sp³-hybridized carbons (Fsp3) is 0.227. The second-order valence-corrected chi connectivity index (χ2v) is 13.0. The first-order chi connectivity index (χ1) is 22.3. The quantitative estimate of drug-likeness (QED) is 0.185. The van der Waals surface area contributed by atoms with E-state index in [1.165, 1.54) is 67.5 Å². The fourth-order valence-electron chi connectivity index (χ4n) is 7.48. The zero-order valence-corrected chi connectivity index (χ0v) is 28.2. The summed E-state index contributed by atoms with van der Waals surface area (Å²) < 4.78 is 0. The van der Waals surface area contributed by atoms with Crippen LogP contribution in [0.5, 0.6) is 0 Å². The summed E-state index contributed by atoms with van der Waals surface area (Å²) in [7, 11) is 0. The third-order valence-electron chi connectivity index (χ3n) is 9.40. The minimum atomic E-state index is 0.222. The molecule has 3 unspecified atom stereocenters. The second-order valence-electron chi connectivity index (χ2n) is 13.0. The highest BCUT2D eigenvalue weighted by molar-refractivity contribution is 5.78. The highest BCUT2D eigenvalue weighted by atomic mass is 15.2. The van der Waals surface area contributed by atoms with E-state index in [1.807, 2.05) is 0 Å². The molecule has 232 valence electrons. The van der Waals surface area contributed by atoms with Crippen molar-refractivity contribution < 1.29 is 0 Å². The highest BCUT2D eigenvalue weighted by Crippen LogP contribution is 2.54. The van der Waals surface area contributed by atoms with Crippen molar-refractivity contribution in [3.8, 4) is 0 Å². The molecule has 0 aliphatic heterocycles. The van der Waals surface area contributed by atoms with E-state index in [-0.39, 0.29) is 11.8 Å². The molecular weight excluding hydrogens is 556 g/mol. The number of aryl methyl sites for hydroxylation is 4. The normalized spacial score (nSPS) is 19.4. The van der Waals surface area contributed by atoms with E-state index in [4.69, 9.17) is 0 Å². The molecule has 46 heavy (non-hydrogen) atoms. The first-order valence-corrected chi connectivity index (χ1v) is 16.6. The molecule has 0 saturated heterocycles. The number of hydrogen-bond acceptors (Lipinski definition) is 2. The van der Waals surface area contributed by atoms with Gasteiger partial charge in [0.05, 0.1) is 0 Å². The topological polar surface area (TPSA) is 6.48 Å². The number of hydrogen-bond donors (Lipinski definition) is 0. The van der Waals surface area contributed by atoms with E-state index in [9.17, 15) is 0 Å². The van der Waals surface area contributed by atoms with Crippen molar-refractivity contribution in [3.63, 3.8) is 0 Å². The maximum absolute atomic E-state index is 4.51. The van der Waals surface area contributed by atoms with Crippen LogP contribution in [0.4, 0.5) is 22.7 Å². The molecule has 0 amide bonds. The molecule has 0 fully saturated rings. The van der Waals surface area contributed by atoms with E-state index in [2.05, 4.69) is 185 Å². The van der Waals surface area contributed by atoms with Crippen LogP contribution in [0.15, 0.2) is 157 Å². The van der Waals surface area contributed by atoms with Gasteiger partial charge in [-0.3, -0.25) is 0 Å². The summed E-state index contributed by atoms with van der Waals surface area (Å²) in [6, 6.07) is 35.7. The van der Waals surface area contributed by atoms with Crippen LogP contribution in [-0.4, -0.2) is 0 Å². The first kappa shape index (κ1) is 31.2. The van der Waals surface area contributed by atoms with Crippen molar-refractivity contribution >= 4 is 22.7 Å². The second kappa shape index (κ2) is 13.3. The summed E-state index contributed by atoms with van der Waals surface area (Å²) in [6.45, 7) is 17.8. The largest absolute Gasteiger partial charge is 0.313 e. The molecule has 2 nitrogen and oxygen atoms in total.